The zero-order valence-electron chi connectivity index (χ0n) is 12.0. The maximum atomic E-state index is 11.7. The number of rotatable bonds is 4. The van der Waals surface area contributed by atoms with Gasteiger partial charge in [0.2, 0.25) is 5.91 Å². The van der Waals surface area contributed by atoms with Gasteiger partial charge in [0.15, 0.2) is 5.78 Å². The van der Waals surface area contributed by atoms with Gasteiger partial charge in [-0.15, -0.1) is 11.3 Å². The summed E-state index contributed by atoms with van der Waals surface area (Å²) in [5.74, 6) is 0.348. The Balaban J connectivity index is 1.78. The lowest BCUT2D eigenvalue weighted by Crippen LogP contribution is -2.12. The molecule has 21 heavy (non-hydrogen) atoms. The number of nitrogens with one attached hydrogen (secondary N) is 1. The standard InChI is InChI=1S/C16H16N2O2S/c1-9-14(10(2)19)21-16(17-9)12-5-7-13(8-6-12)18-15(20)11-3-4-11/h5-8,11H,3-4H2,1-2H3,(H,18,20). The van der Waals surface area contributed by atoms with Crippen molar-refractivity contribution >= 4 is 28.7 Å². The van der Waals surface area contributed by atoms with Gasteiger partial charge in [-0.25, -0.2) is 4.98 Å². The molecule has 1 aromatic carbocycles. The molecule has 1 heterocycles. The largest absolute Gasteiger partial charge is 0.326 e. The predicted octanol–water partition coefficient (Wildman–Crippen LogP) is 3.67. The minimum atomic E-state index is 0.0459. The van der Waals surface area contributed by atoms with Crippen molar-refractivity contribution < 1.29 is 9.59 Å². The third kappa shape index (κ3) is 3.03. The van der Waals surface area contributed by atoms with E-state index in [1.54, 1.807) is 6.92 Å². The number of ketones is 1. The molecule has 1 fully saturated rings. The first kappa shape index (κ1) is 13.9. The van der Waals surface area contributed by atoms with Crippen LogP contribution in [-0.2, 0) is 4.79 Å². The van der Waals surface area contributed by atoms with Crippen molar-refractivity contribution in [3.05, 3.63) is 34.8 Å². The van der Waals surface area contributed by atoms with Crippen LogP contribution in [0.2, 0.25) is 0 Å². The molecule has 3 rings (SSSR count). The van der Waals surface area contributed by atoms with E-state index < -0.39 is 0 Å². The molecule has 108 valence electrons. The average molecular weight is 300 g/mol. The Morgan fingerprint density at radius 2 is 1.90 bits per heavy atom. The van der Waals surface area contributed by atoms with Crippen molar-refractivity contribution in [1.82, 2.24) is 4.98 Å². The van der Waals surface area contributed by atoms with E-state index in [-0.39, 0.29) is 17.6 Å². The Hall–Kier alpha value is -2.01. The van der Waals surface area contributed by atoms with Crippen molar-refractivity contribution in [2.75, 3.05) is 5.32 Å². The second-order valence-electron chi connectivity index (χ2n) is 5.33. The molecule has 1 aliphatic rings. The van der Waals surface area contributed by atoms with Crippen LogP contribution in [-0.4, -0.2) is 16.7 Å². The number of carbonyl (C=O) groups is 2. The van der Waals surface area contributed by atoms with E-state index in [0.717, 1.165) is 34.8 Å². The number of aromatic nitrogens is 1. The lowest BCUT2D eigenvalue weighted by Gasteiger charge is -2.04. The first-order chi connectivity index (χ1) is 10.0. The zero-order valence-corrected chi connectivity index (χ0v) is 12.8. The number of hydrogen-bond donors (Lipinski definition) is 1. The van der Waals surface area contributed by atoms with E-state index in [9.17, 15) is 9.59 Å². The third-order valence-corrected chi connectivity index (χ3v) is 4.77. The number of hydrogen-bond acceptors (Lipinski definition) is 4. The molecule has 0 aliphatic heterocycles. The number of nitrogens with zero attached hydrogens (tertiary/aromatic N) is 1. The van der Waals surface area contributed by atoms with Crippen molar-refractivity contribution in [3.8, 4) is 10.6 Å². The monoisotopic (exact) mass is 300 g/mol. The van der Waals surface area contributed by atoms with Crippen LogP contribution < -0.4 is 5.32 Å². The summed E-state index contributed by atoms with van der Waals surface area (Å²) in [6.07, 6.45) is 1.99. The molecular formula is C16H16N2O2S. The van der Waals surface area contributed by atoms with Gasteiger partial charge in [0, 0.05) is 24.1 Å². The molecule has 1 N–H and O–H groups in total. The van der Waals surface area contributed by atoms with Crippen LogP contribution in [0.1, 0.15) is 35.1 Å². The van der Waals surface area contributed by atoms with E-state index in [1.165, 1.54) is 11.3 Å². The molecule has 4 nitrogen and oxygen atoms in total. The van der Waals surface area contributed by atoms with Gasteiger partial charge < -0.3 is 5.32 Å². The Bertz CT molecular complexity index is 700. The van der Waals surface area contributed by atoms with Crippen molar-refractivity contribution in [2.24, 2.45) is 5.92 Å². The molecule has 0 saturated heterocycles. The predicted molar refractivity (Wildman–Crippen MR) is 83.6 cm³/mol. The van der Waals surface area contributed by atoms with Gasteiger partial charge in [-0.1, -0.05) is 0 Å². The maximum absolute atomic E-state index is 11.7. The normalized spacial score (nSPS) is 14.0. The highest BCUT2D eigenvalue weighted by molar-refractivity contribution is 7.17. The molecule has 1 amide bonds. The Kier molecular flexibility index (Phi) is 3.59. The molecule has 1 saturated carbocycles. The van der Waals surface area contributed by atoms with Gasteiger partial charge in [0.25, 0.3) is 0 Å². The molecule has 0 radical (unpaired) electrons. The van der Waals surface area contributed by atoms with Gasteiger partial charge >= 0.3 is 0 Å². The van der Waals surface area contributed by atoms with E-state index in [0.29, 0.717) is 4.88 Å². The van der Waals surface area contributed by atoms with Crippen LogP contribution >= 0.6 is 11.3 Å². The van der Waals surface area contributed by atoms with Crippen molar-refractivity contribution in [2.45, 2.75) is 26.7 Å². The molecule has 0 atom stereocenters. The topological polar surface area (TPSA) is 59.1 Å². The number of thiazole rings is 1. The number of carbonyl (C=O) groups excluding carboxylic acids is 2. The summed E-state index contributed by atoms with van der Waals surface area (Å²) < 4.78 is 0. The highest BCUT2D eigenvalue weighted by Gasteiger charge is 2.29. The molecule has 5 heteroatoms. The number of Topliss-reactive ketones (excluding diaryl/α,β-unsaturated/α-hetero) is 1. The number of benzene rings is 1. The van der Waals surface area contributed by atoms with Crippen LogP contribution in [0.25, 0.3) is 10.6 Å². The maximum Gasteiger partial charge on any atom is 0.227 e. The molecule has 2 aromatic rings. The molecule has 0 unspecified atom stereocenters. The average Bonchev–Trinajstić information content (AvgIpc) is 3.22. The van der Waals surface area contributed by atoms with Crippen LogP contribution in [0, 0.1) is 12.8 Å². The fraction of sp³-hybridized carbons (Fsp3) is 0.312. The first-order valence-electron chi connectivity index (χ1n) is 6.94. The summed E-state index contributed by atoms with van der Waals surface area (Å²) in [4.78, 5) is 28.3. The highest BCUT2D eigenvalue weighted by atomic mass is 32.1. The van der Waals surface area contributed by atoms with Gasteiger partial charge in [0.05, 0.1) is 10.6 Å². The van der Waals surface area contributed by atoms with Gasteiger partial charge in [-0.2, -0.15) is 0 Å². The van der Waals surface area contributed by atoms with Crippen LogP contribution in [0.4, 0.5) is 5.69 Å². The highest BCUT2D eigenvalue weighted by Crippen LogP contribution is 2.31. The van der Waals surface area contributed by atoms with Crippen molar-refractivity contribution in [1.29, 1.82) is 0 Å². The summed E-state index contributed by atoms with van der Waals surface area (Å²) in [6, 6.07) is 7.59. The first-order valence-corrected chi connectivity index (χ1v) is 7.76. The van der Waals surface area contributed by atoms with Gasteiger partial charge in [-0.3, -0.25) is 9.59 Å². The van der Waals surface area contributed by atoms with E-state index in [2.05, 4.69) is 10.3 Å². The minimum absolute atomic E-state index is 0.0459. The summed E-state index contributed by atoms with van der Waals surface area (Å²) in [6.45, 7) is 3.40. The molecule has 0 bridgehead atoms. The fourth-order valence-electron chi connectivity index (χ4n) is 2.13. The van der Waals surface area contributed by atoms with Gasteiger partial charge in [0.1, 0.15) is 5.01 Å². The number of amides is 1. The van der Waals surface area contributed by atoms with E-state index in [1.807, 2.05) is 31.2 Å². The van der Waals surface area contributed by atoms with Gasteiger partial charge in [-0.05, 0) is 44.0 Å². The zero-order chi connectivity index (χ0) is 15.0. The van der Waals surface area contributed by atoms with Crippen LogP contribution in [0.15, 0.2) is 24.3 Å². The van der Waals surface area contributed by atoms with E-state index >= 15 is 0 Å². The summed E-state index contributed by atoms with van der Waals surface area (Å²) >= 11 is 1.41. The lowest BCUT2D eigenvalue weighted by molar-refractivity contribution is -0.117. The molecule has 1 aromatic heterocycles. The summed E-state index contributed by atoms with van der Waals surface area (Å²) in [7, 11) is 0. The number of aryl methyl sites for hydroxylation is 1. The summed E-state index contributed by atoms with van der Waals surface area (Å²) in [5.41, 5.74) is 2.53. The Morgan fingerprint density at radius 1 is 1.24 bits per heavy atom. The molecule has 1 aliphatic carbocycles. The lowest BCUT2D eigenvalue weighted by atomic mass is 10.2. The summed E-state index contributed by atoms with van der Waals surface area (Å²) in [5, 5.41) is 3.74. The quantitative estimate of drug-likeness (QED) is 0.876. The minimum Gasteiger partial charge on any atom is -0.326 e. The Morgan fingerprint density at radius 3 is 2.43 bits per heavy atom. The van der Waals surface area contributed by atoms with Crippen LogP contribution in [0.3, 0.4) is 0 Å². The smallest absolute Gasteiger partial charge is 0.227 e. The number of anilines is 1. The molecule has 0 spiro atoms. The Labute approximate surface area is 127 Å². The van der Waals surface area contributed by atoms with Crippen LogP contribution in [0.5, 0.6) is 0 Å². The third-order valence-electron chi connectivity index (χ3n) is 3.46. The molecular weight excluding hydrogens is 284 g/mol. The second-order valence-corrected chi connectivity index (χ2v) is 6.33. The van der Waals surface area contributed by atoms with Crippen molar-refractivity contribution in [3.63, 3.8) is 0 Å². The second kappa shape index (κ2) is 5.41. The van der Waals surface area contributed by atoms with E-state index in [4.69, 9.17) is 0 Å². The fourth-order valence-corrected chi connectivity index (χ4v) is 3.10. The SMILES string of the molecule is CC(=O)c1sc(-c2ccc(NC(=O)C3CC3)cc2)nc1C.